The molecule has 1 aliphatic carbocycles. The van der Waals surface area contributed by atoms with Gasteiger partial charge in [0.25, 0.3) is 0 Å². The number of H-pyrrole nitrogens is 2. The van der Waals surface area contributed by atoms with Crippen LogP contribution >= 0.6 is 0 Å². The van der Waals surface area contributed by atoms with E-state index in [0.29, 0.717) is 0 Å². The highest BCUT2D eigenvalue weighted by atomic mass is 16.1. The highest BCUT2D eigenvalue weighted by Crippen LogP contribution is 2.36. The second-order valence-electron chi connectivity index (χ2n) is 11.1. The summed E-state index contributed by atoms with van der Waals surface area (Å²) >= 11 is 0. The number of fused-ring (bicyclic) bond motifs is 2. The quantitative estimate of drug-likeness (QED) is 0.228. The Morgan fingerprint density at radius 2 is 1.69 bits per heavy atom. The van der Waals surface area contributed by atoms with Gasteiger partial charge in [-0.05, 0) is 74.1 Å². The number of nitrogens with one attached hydrogen (secondary N) is 3. The molecule has 1 saturated carbocycles. The largest absolute Gasteiger partial charge is 0.371 e. The first kappa shape index (κ1) is 23.9. The second-order valence-corrected chi connectivity index (χ2v) is 11.1. The molecule has 7 heteroatoms. The number of hydrogen-bond donors (Lipinski definition) is 3. The van der Waals surface area contributed by atoms with E-state index < -0.39 is 0 Å². The minimum Gasteiger partial charge on any atom is -0.371 e. The van der Waals surface area contributed by atoms with Crippen molar-refractivity contribution >= 4 is 39.1 Å². The molecule has 1 saturated heterocycles. The molecule has 1 aliphatic heterocycles. The van der Waals surface area contributed by atoms with Crippen molar-refractivity contribution in [3.63, 3.8) is 0 Å². The molecular weight excluding hydrogens is 484 g/mol. The van der Waals surface area contributed by atoms with E-state index in [9.17, 15) is 4.79 Å². The van der Waals surface area contributed by atoms with Gasteiger partial charge in [0.2, 0.25) is 5.91 Å². The number of nitrogens with zero attached hydrogens (tertiary/aromatic N) is 3. The van der Waals surface area contributed by atoms with E-state index in [1.807, 2.05) is 12.3 Å². The molecule has 0 unspecified atom stereocenters. The maximum Gasteiger partial charge on any atom is 0.227 e. The number of carbonyl (C=O) groups excluding carboxylic acids is 1. The fourth-order valence-corrected chi connectivity index (χ4v) is 6.35. The van der Waals surface area contributed by atoms with E-state index in [1.165, 1.54) is 36.8 Å². The molecule has 3 N–H and O–H groups in total. The van der Waals surface area contributed by atoms with Crippen molar-refractivity contribution in [2.24, 2.45) is 5.92 Å². The summed E-state index contributed by atoms with van der Waals surface area (Å²) in [4.78, 5) is 23.4. The van der Waals surface area contributed by atoms with E-state index in [-0.39, 0.29) is 11.8 Å². The number of carbonyl (C=O) groups is 1. The monoisotopic (exact) mass is 518 g/mol. The van der Waals surface area contributed by atoms with Crippen LogP contribution in [0.1, 0.15) is 51.4 Å². The third kappa shape index (κ3) is 4.67. The van der Waals surface area contributed by atoms with E-state index in [0.717, 1.165) is 83.4 Å². The molecule has 1 amide bonds. The number of pyridine rings is 1. The van der Waals surface area contributed by atoms with Gasteiger partial charge < -0.3 is 15.2 Å². The van der Waals surface area contributed by atoms with Crippen molar-refractivity contribution in [3.05, 3.63) is 60.9 Å². The molecule has 0 atom stereocenters. The summed E-state index contributed by atoms with van der Waals surface area (Å²) in [5.74, 6) is 0.225. The average Bonchev–Trinajstić information content (AvgIpc) is 3.62. The van der Waals surface area contributed by atoms with Gasteiger partial charge in [-0.15, -0.1) is 0 Å². The van der Waals surface area contributed by atoms with Gasteiger partial charge >= 0.3 is 0 Å². The zero-order valence-electron chi connectivity index (χ0n) is 22.2. The summed E-state index contributed by atoms with van der Waals surface area (Å²) < 4.78 is 0. The molecule has 2 aromatic carbocycles. The Balaban J connectivity index is 1.20. The molecule has 0 radical (unpaired) electrons. The highest BCUT2D eigenvalue weighted by molar-refractivity contribution is 6.01. The smallest absolute Gasteiger partial charge is 0.227 e. The first-order chi connectivity index (χ1) is 19.2. The molecule has 4 heterocycles. The Morgan fingerprint density at radius 1 is 0.846 bits per heavy atom. The lowest BCUT2D eigenvalue weighted by Crippen LogP contribution is -2.29. The number of hydrogen-bond acceptors (Lipinski definition) is 4. The molecule has 2 fully saturated rings. The van der Waals surface area contributed by atoms with Gasteiger partial charge in [-0.2, -0.15) is 5.10 Å². The topological polar surface area (TPSA) is 89.7 Å². The minimum absolute atomic E-state index is 0.110. The minimum atomic E-state index is 0.110. The Morgan fingerprint density at radius 3 is 2.56 bits per heavy atom. The number of anilines is 2. The Bertz CT molecular complexity index is 1640. The van der Waals surface area contributed by atoms with Crippen molar-refractivity contribution in [2.75, 3.05) is 23.3 Å². The molecule has 7 rings (SSSR count). The molecule has 198 valence electrons. The van der Waals surface area contributed by atoms with Crippen LogP contribution in [0.25, 0.3) is 44.3 Å². The third-order valence-electron chi connectivity index (χ3n) is 8.47. The lowest BCUT2D eigenvalue weighted by atomic mass is 9.88. The fourth-order valence-electron chi connectivity index (χ4n) is 6.35. The number of aromatic nitrogens is 4. The molecule has 3 aromatic heterocycles. The highest BCUT2D eigenvalue weighted by Gasteiger charge is 2.21. The van der Waals surface area contributed by atoms with Crippen LogP contribution in [0.15, 0.2) is 60.9 Å². The van der Waals surface area contributed by atoms with Gasteiger partial charge in [0.1, 0.15) is 5.69 Å². The van der Waals surface area contributed by atoms with Crippen LogP contribution in [0.2, 0.25) is 0 Å². The maximum atomic E-state index is 12.8. The Hall–Kier alpha value is -4.13. The van der Waals surface area contributed by atoms with Crippen LogP contribution in [0, 0.1) is 5.92 Å². The number of aromatic amines is 2. The van der Waals surface area contributed by atoms with Crippen molar-refractivity contribution in [2.45, 2.75) is 51.4 Å². The lowest BCUT2D eigenvalue weighted by molar-refractivity contribution is -0.120. The summed E-state index contributed by atoms with van der Waals surface area (Å²) in [5, 5.41) is 13.3. The average molecular weight is 519 g/mol. The van der Waals surface area contributed by atoms with E-state index in [1.54, 1.807) is 6.20 Å². The number of amides is 1. The van der Waals surface area contributed by atoms with Gasteiger partial charge in [0, 0.05) is 52.7 Å². The lowest BCUT2D eigenvalue weighted by Gasteiger charge is -2.29. The summed E-state index contributed by atoms with van der Waals surface area (Å²) in [6, 6.07) is 17.1. The Labute approximate surface area is 228 Å². The van der Waals surface area contributed by atoms with Gasteiger partial charge in [0.15, 0.2) is 0 Å². The number of rotatable bonds is 5. The van der Waals surface area contributed by atoms with Gasteiger partial charge in [-0.3, -0.25) is 14.9 Å². The summed E-state index contributed by atoms with van der Waals surface area (Å²) in [6.45, 7) is 2.23. The summed E-state index contributed by atoms with van der Waals surface area (Å²) in [7, 11) is 0. The van der Waals surface area contributed by atoms with Crippen molar-refractivity contribution in [3.8, 4) is 22.5 Å². The first-order valence-electron chi connectivity index (χ1n) is 14.3. The fraction of sp³-hybridized carbons (Fsp3) is 0.344. The van der Waals surface area contributed by atoms with Crippen LogP contribution in [-0.2, 0) is 4.79 Å². The number of benzene rings is 2. The van der Waals surface area contributed by atoms with Crippen LogP contribution in [0.4, 0.5) is 11.4 Å². The summed E-state index contributed by atoms with van der Waals surface area (Å²) in [5.41, 5.74) is 8.08. The van der Waals surface area contributed by atoms with Crippen LogP contribution in [0.5, 0.6) is 0 Å². The van der Waals surface area contributed by atoms with Crippen LogP contribution in [0.3, 0.4) is 0 Å². The van der Waals surface area contributed by atoms with E-state index in [2.05, 4.69) is 67.7 Å². The van der Waals surface area contributed by atoms with Crippen LogP contribution < -0.4 is 10.2 Å². The molecule has 0 spiro atoms. The first-order valence-corrected chi connectivity index (χ1v) is 14.3. The van der Waals surface area contributed by atoms with Gasteiger partial charge in [0.05, 0.1) is 23.1 Å². The van der Waals surface area contributed by atoms with E-state index in [4.69, 9.17) is 5.10 Å². The van der Waals surface area contributed by atoms with Crippen LogP contribution in [-0.4, -0.2) is 39.2 Å². The van der Waals surface area contributed by atoms with Gasteiger partial charge in [-0.1, -0.05) is 31.4 Å². The zero-order chi connectivity index (χ0) is 26.2. The normalized spacial score (nSPS) is 16.7. The standard InChI is InChI=1S/C32H34N6O/c39-32(21-8-3-1-4-9-21)34-24-16-23(19-33-20-24)22-12-13-28-26(17-22)31(37-36-28)29-18-25-27(35-29)10-7-11-30(25)38-14-5-2-6-15-38/h7,10-13,16-21,35H,1-6,8-9,14-15H2,(H,34,39)(H,36,37). The summed E-state index contributed by atoms with van der Waals surface area (Å²) in [6.07, 6.45) is 12.9. The molecule has 39 heavy (non-hydrogen) atoms. The maximum absolute atomic E-state index is 12.8. The van der Waals surface area contributed by atoms with Gasteiger partial charge in [-0.25, -0.2) is 0 Å². The number of piperidine rings is 1. The molecule has 0 bridgehead atoms. The SMILES string of the molecule is O=C(Nc1cncc(-c2ccc3[nH]nc(-c4cc5c(N6CCCCC6)cccc5[nH]4)c3c2)c1)C1CCCCC1. The molecule has 2 aliphatic rings. The third-order valence-corrected chi connectivity index (χ3v) is 8.47. The molecule has 5 aromatic rings. The van der Waals surface area contributed by atoms with E-state index >= 15 is 0 Å². The molecule has 7 nitrogen and oxygen atoms in total. The van der Waals surface area contributed by atoms with Crippen molar-refractivity contribution in [1.82, 2.24) is 20.2 Å². The van der Waals surface area contributed by atoms with Crippen molar-refractivity contribution in [1.29, 1.82) is 0 Å². The second kappa shape index (κ2) is 10.2. The predicted molar refractivity (Wildman–Crippen MR) is 158 cm³/mol. The molecular formula is C32H34N6O. The predicted octanol–water partition coefficient (Wildman–Crippen LogP) is 7.28. The zero-order valence-corrected chi connectivity index (χ0v) is 22.2. The van der Waals surface area contributed by atoms with Crippen molar-refractivity contribution < 1.29 is 4.79 Å². The Kier molecular flexibility index (Phi) is 6.27.